The van der Waals surface area contributed by atoms with Crippen LogP contribution in [0.3, 0.4) is 0 Å². The van der Waals surface area contributed by atoms with Crippen LogP contribution in [0.15, 0.2) is 72.8 Å². The maximum Gasteiger partial charge on any atom is 0.335 e. The van der Waals surface area contributed by atoms with Gasteiger partial charge in [0.05, 0.1) is 23.6 Å². The van der Waals surface area contributed by atoms with Crippen molar-refractivity contribution in [2.45, 2.75) is 96.7 Å². The lowest BCUT2D eigenvalue weighted by Crippen LogP contribution is -2.58. The van der Waals surface area contributed by atoms with Crippen molar-refractivity contribution in [3.8, 4) is 0 Å². The molecule has 59 heavy (non-hydrogen) atoms. The molecule has 1 saturated heterocycles. The van der Waals surface area contributed by atoms with Gasteiger partial charge in [-0.3, -0.25) is 24.1 Å². The average Bonchev–Trinajstić information content (AvgIpc) is 3.61. The van der Waals surface area contributed by atoms with Crippen LogP contribution < -0.4 is 16.0 Å². The SMILES string of the molecule is CCC(CC)N(Cc1cccc(C(=O)Nc2sc3c(c2C(=O)Nc2ccc(CCc4ccc(C(=O)O)cc4)cc2)CCCC3)c1)C[C@@H]1CNCCN1C(=O)CCC(=O)O. The Morgan fingerprint density at radius 2 is 1.53 bits per heavy atom. The van der Waals surface area contributed by atoms with E-state index in [0.29, 0.717) is 54.5 Å². The van der Waals surface area contributed by atoms with Gasteiger partial charge in [0.1, 0.15) is 5.00 Å². The van der Waals surface area contributed by atoms with Gasteiger partial charge in [0.25, 0.3) is 11.8 Å². The summed E-state index contributed by atoms with van der Waals surface area (Å²) in [5, 5.41) is 28.5. The van der Waals surface area contributed by atoms with Crippen LogP contribution in [0.1, 0.15) is 111 Å². The van der Waals surface area contributed by atoms with E-state index < -0.39 is 11.9 Å². The highest BCUT2D eigenvalue weighted by atomic mass is 32.1. The molecule has 0 bridgehead atoms. The van der Waals surface area contributed by atoms with Crippen LogP contribution in [-0.4, -0.2) is 87.9 Å². The largest absolute Gasteiger partial charge is 0.481 e. The number of nitrogens with zero attached hydrogens (tertiary/aromatic N) is 2. The van der Waals surface area contributed by atoms with Crippen LogP contribution in [0.2, 0.25) is 0 Å². The molecule has 2 aliphatic rings. The second kappa shape index (κ2) is 20.5. The maximum absolute atomic E-state index is 14.0. The lowest BCUT2D eigenvalue weighted by molar-refractivity contribution is -0.142. The Bertz CT molecular complexity index is 2110. The summed E-state index contributed by atoms with van der Waals surface area (Å²) < 4.78 is 0. The molecule has 1 atom stereocenters. The molecule has 312 valence electrons. The predicted octanol–water partition coefficient (Wildman–Crippen LogP) is 7.27. The third-order valence-corrected chi connectivity index (χ3v) is 12.6. The Kier molecular flexibility index (Phi) is 15.1. The molecule has 2 heterocycles. The minimum atomic E-state index is -0.981. The molecule has 1 aliphatic heterocycles. The molecule has 0 saturated carbocycles. The van der Waals surface area contributed by atoms with E-state index >= 15 is 0 Å². The number of benzene rings is 3. The van der Waals surface area contributed by atoms with E-state index in [1.807, 2.05) is 59.5 Å². The van der Waals surface area contributed by atoms with Crippen LogP contribution in [0.5, 0.6) is 0 Å². The lowest BCUT2D eigenvalue weighted by Gasteiger charge is -2.41. The second-order valence-electron chi connectivity index (χ2n) is 15.5. The van der Waals surface area contributed by atoms with E-state index in [4.69, 9.17) is 10.2 Å². The first-order valence-corrected chi connectivity index (χ1v) is 21.6. The highest BCUT2D eigenvalue weighted by Crippen LogP contribution is 2.39. The molecule has 6 rings (SSSR count). The van der Waals surface area contributed by atoms with E-state index in [2.05, 4.69) is 34.7 Å². The van der Waals surface area contributed by atoms with Crippen molar-refractivity contribution in [3.05, 3.63) is 117 Å². The summed E-state index contributed by atoms with van der Waals surface area (Å²) in [7, 11) is 0. The number of aliphatic carboxylic acids is 1. The molecule has 13 heteroatoms. The molecular formula is C46H55N5O7S. The molecule has 3 amide bonds. The molecule has 0 spiro atoms. The third kappa shape index (κ3) is 11.4. The Balaban J connectivity index is 1.13. The quantitative estimate of drug-likeness (QED) is 0.0694. The molecule has 3 aromatic carbocycles. The van der Waals surface area contributed by atoms with E-state index in [0.717, 1.165) is 78.5 Å². The predicted molar refractivity (Wildman–Crippen MR) is 231 cm³/mol. The summed E-state index contributed by atoms with van der Waals surface area (Å²) >= 11 is 1.48. The number of carbonyl (C=O) groups excluding carboxylic acids is 3. The number of aromatic carboxylic acids is 1. The number of carboxylic acid groups (broad SMARTS) is 2. The Labute approximate surface area is 350 Å². The van der Waals surface area contributed by atoms with Crippen LogP contribution >= 0.6 is 11.3 Å². The van der Waals surface area contributed by atoms with Gasteiger partial charge in [-0.05, 0) is 110 Å². The van der Waals surface area contributed by atoms with Crippen molar-refractivity contribution in [3.63, 3.8) is 0 Å². The van der Waals surface area contributed by atoms with E-state index in [-0.39, 0.29) is 48.2 Å². The number of piperazine rings is 1. The van der Waals surface area contributed by atoms with Gasteiger partial charge in [-0.15, -0.1) is 11.3 Å². The number of nitrogens with one attached hydrogen (secondary N) is 3. The van der Waals surface area contributed by atoms with E-state index in [1.165, 1.54) is 11.3 Å². The molecule has 5 N–H and O–H groups in total. The first-order chi connectivity index (χ1) is 28.5. The minimum absolute atomic E-state index is 0.0192. The van der Waals surface area contributed by atoms with Gasteiger partial charge in [-0.2, -0.15) is 0 Å². The summed E-state index contributed by atoms with van der Waals surface area (Å²) in [5.74, 6) is -2.61. The number of thiophene rings is 1. The van der Waals surface area contributed by atoms with Crippen LogP contribution in [0.25, 0.3) is 0 Å². The fraction of sp³-hybridized carbons (Fsp3) is 0.413. The second-order valence-corrected chi connectivity index (χ2v) is 16.6. The molecule has 1 aliphatic carbocycles. The monoisotopic (exact) mass is 821 g/mol. The number of anilines is 2. The zero-order chi connectivity index (χ0) is 41.9. The molecule has 1 aromatic heterocycles. The van der Waals surface area contributed by atoms with E-state index in [9.17, 15) is 24.0 Å². The van der Waals surface area contributed by atoms with Crippen molar-refractivity contribution < 1.29 is 34.2 Å². The van der Waals surface area contributed by atoms with Crippen LogP contribution in [-0.2, 0) is 41.8 Å². The summed E-state index contributed by atoms with van der Waals surface area (Å²) in [6.45, 7) is 7.30. The van der Waals surface area contributed by atoms with Crippen molar-refractivity contribution in [1.82, 2.24) is 15.1 Å². The molecule has 0 unspecified atom stereocenters. The fourth-order valence-corrected chi connectivity index (χ4v) is 9.48. The van der Waals surface area contributed by atoms with Gasteiger partial charge in [0.2, 0.25) is 5.91 Å². The smallest absolute Gasteiger partial charge is 0.335 e. The number of amides is 3. The number of aryl methyl sites for hydroxylation is 3. The first-order valence-electron chi connectivity index (χ1n) is 20.8. The number of hydrogen-bond donors (Lipinski definition) is 5. The molecule has 0 radical (unpaired) electrons. The van der Waals surface area contributed by atoms with Gasteiger partial charge in [0.15, 0.2) is 0 Å². The van der Waals surface area contributed by atoms with Gasteiger partial charge in [-0.25, -0.2) is 4.79 Å². The highest BCUT2D eigenvalue weighted by Gasteiger charge is 2.31. The van der Waals surface area contributed by atoms with Crippen molar-refractivity contribution in [2.24, 2.45) is 0 Å². The summed E-state index contributed by atoms with van der Waals surface area (Å²) in [6.07, 6.45) is 6.79. The van der Waals surface area contributed by atoms with Gasteiger partial charge >= 0.3 is 11.9 Å². The van der Waals surface area contributed by atoms with E-state index in [1.54, 1.807) is 18.2 Å². The topological polar surface area (TPSA) is 168 Å². The first kappa shape index (κ1) is 43.2. The van der Waals surface area contributed by atoms with Gasteiger partial charge < -0.3 is 31.1 Å². The number of rotatable bonds is 18. The number of hydrogen-bond acceptors (Lipinski definition) is 8. The number of fused-ring (bicyclic) bond motifs is 1. The summed E-state index contributed by atoms with van der Waals surface area (Å²) in [6, 6.07) is 22.3. The van der Waals surface area contributed by atoms with Crippen molar-refractivity contribution in [2.75, 3.05) is 36.8 Å². The normalized spacial score (nSPS) is 15.2. The standard InChI is InChI=1S/C46H55N5O7S/c1-3-36(4-2)50(29-37-27-47-24-25-51(37)40(52)22-23-41(53)54)28-32-8-7-9-34(26-32)43(55)49-45-42(38-10-5-6-11-39(38)59-45)44(56)48-35-20-16-31(17-21-35)13-12-30-14-18-33(19-15-30)46(57)58/h7-9,14-21,26,36-37,47H,3-6,10-13,22-25,27-29H2,1-2H3,(H,48,56)(H,49,55)(H,53,54)(H,57,58)/t37-/m0/s1. The Hall–Kier alpha value is -5.37. The third-order valence-electron chi connectivity index (χ3n) is 11.4. The summed E-state index contributed by atoms with van der Waals surface area (Å²) in [5.41, 5.74) is 6.02. The van der Waals surface area contributed by atoms with Gasteiger partial charge in [0, 0.05) is 61.3 Å². The van der Waals surface area contributed by atoms with Crippen LogP contribution in [0, 0.1) is 0 Å². The Morgan fingerprint density at radius 1 is 0.831 bits per heavy atom. The van der Waals surface area contributed by atoms with Crippen LogP contribution in [0.4, 0.5) is 10.7 Å². The molecule has 4 aromatic rings. The maximum atomic E-state index is 14.0. The van der Waals surface area contributed by atoms with Crippen molar-refractivity contribution >= 4 is 51.7 Å². The number of carbonyl (C=O) groups is 5. The Morgan fingerprint density at radius 3 is 2.20 bits per heavy atom. The lowest BCUT2D eigenvalue weighted by atomic mass is 9.95. The van der Waals surface area contributed by atoms with Gasteiger partial charge in [-0.1, -0.05) is 50.2 Å². The molecule has 12 nitrogen and oxygen atoms in total. The fourth-order valence-electron chi connectivity index (χ4n) is 8.19. The van der Waals surface area contributed by atoms with Crippen molar-refractivity contribution in [1.29, 1.82) is 0 Å². The zero-order valence-electron chi connectivity index (χ0n) is 33.9. The highest BCUT2D eigenvalue weighted by molar-refractivity contribution is 7.17. The average molecular weight is 822 g/mol. The molecule has 1 fully saturated rings. The zero-order valence-corrected chi connectivity index (χ0v) is 34.7. The summed E-state index contributed by atoms with van der Waals surface area (Å²) in [4.78, 5) is 68.7. The molecular weight excluding hydrogens is 767 g/mol. The number of carboxylic acids is 2. The minimum Gasteiger partial charge on any atom is -0.481 e.